The van der Waals surface area contributed by atoms with E-state index in [-0.39, 0.29) is 5.82 Å². The van der Waals surface area contributed by atoms with Crippen molar-refractivity contribution < 1.29 is 4.39 Å². The molecule has 20 heavy (non-hydrogen) atoms. The first kappa shape index (κ1) is 12.7. The van der Waals surface area contributed by atoms with Crippen molar-refractivity contribution in [2.24, 2.45) is 0 Å². The number of nitrogens with zero attached hydrogens (tertiary/aromatic N) is 2. The molecule has 3 aromatic rings. The predicted octanol–water partition coefficient (Wildman–Crippen LogP) is 3.52. The minimum absolute atomic E-state index is 0.280. The van der Waals surface area contributed by atoms with Gasteiger partial charge in [-0.15, -0.1) is 11.3 Å². The molecule has 2 heterocycles. The van der Waals surface area contributed by atoms with Gasteiger partial charge in [0.1, 0.15) is 5.82 Å². The Morgan fingerprint density at radius 1 is 1.15 bits per heavy atom. The van der Waals surface area contributed by atoms with Gasteiger partial charge >= 0.3 is 0 Å². The Morgan fingerprint density at radius 2 is 2.05 bits per heavy atom. The molecule has 0 aliphatic heterocycles. The van der Waals surface area contributed by atoms with E-state index in [1.165, 1.54) is 23.5 Å². The predicted molar refractivity (Wildman–Crippen MR) is 79.0 cm³/mol. The van der Waals surface area contributed by atoms with Gasteiger partial charge in [0.05, 0.1) is 5.69 Å². The Kier molecular flexibility index (Phi) is 3.43. The summed E-state index contributed by atoms with van der Waals surface area (Å²) < 4.78 is 13.4. The quantitative estimate of drug-likeness (QED) is 0.801. The highest BCUT2D eigenvalue weighted by molar-refractivity contribution is 7.15. The van der Waals surface area contributed by atoms with E-state index >= 15 is 0 Å². The first-order valence-electron chi connectivity index (χ1n) is 6.13. The van der Waals surface area contributed by atoms with Crippen LogP contribution in [0.3, 0.4) is 0 Å². The minimum Gasteiger partial charge on any atom is -0.375 e. The largest absolute Gasteiger partial charge is 0.375 e. The summed E-state index contributed by atoms with van der Waals surface area (Å²) >= 11 is 1.41. The van der Waals surface area contributed by atoms with Gasteiger partial charge in [-0.3, -0.25) is 4.98 Å². The molecule has 0 fully saturated rings. The average molecular weight is 285 g/mol. The topological polar surface area (TPSA) is 51.8 Å². The van der Waals surface area contributed by atoms with Crippen molar-refractivity contribution in [2.75, 3.05) is 5.73 Å². The third-order valence-corrected chi connectivity index (χ3v) is 3.76. The Balaban J connectivity index is 2.00. The zero-order valence-corrected chi connectivity index (χ0v) is 11.4. The van der Waals surface area contributed by atoms with Crippen molar-refractivity contribution in [1.82, 2.24) is 9.97 Å². The summed E-state index contributed by atoms with van der Waals surface area (Å²) in [5.74, 6) is -0.280. The lowest BCUT2D eigenvalue weighted by Crippen LogP contribution is -1.92. The van der Waals surface area contributed by atoms with Gasteiger partial charge in [0.15, 0.2) is 5.13 Å². The summed E-state index contributed by atoms with van der Waals surface area (Å²) in [5.41, 5.74) is 8.21. The second-order valence-corrected chi connectivity index (χ2v) is 5.45. The van der Waals surface area contributed by atoms with Gasteiger partial charge < -0.3 is 5.73 Å². The van der Waals surface area contributed by atoms with Gasteiger partial charge in [0.2, 0.25) is 0 Å². The number of hydrogen-bond acceptors (Lipinski definition) is 4. The summed E-state index contributed by atoms with van der Waals surface area (Å²) in [4.78, 5) is 9.61. The second-order valence-electron chi connectivity index (χ2n) is 4.33. The standard InChI is InChI=1S/C15H12FN3S/c16-11-5-3-4-10(8-11)14-13(20-15(17)19-14)9-12-6-1-2-7-18-12/h1-8H,9H2,(H2,17,19). The van der Waals surface area contributed by atoms with E-state index in [4.69, 9.17) is 5.73 Å². The lowest BCUT2D eigenvalue weighted by molar-refractivity contribution is 0.628. The van der Waals surface area contributed by atoms with E-state index < -0.39 is 0 Å². The van der Waals surface area contributed by atoms with E-state index in [0.29, 0.717) is 11.6 Å². The maximum absolute atomic E-state index is 13.4. The summed E-state index contributed by atoms with van der Waals surface area (Å²) in [5, 5.41) is 0.482. The van der Waals surface area contributed by atoms with Crippen molar-refractivity contribution in [1.29, 1.82) is 0 Å². The van der Waals surface area contributed by atoms with Gasteiger partial charge in [-0.25, -0.2) is 9.37 Å². The smallest absolute Gasteiger partial charge is 0.180 e. The van der Waals surface area contributed by atoms with E-state index in [9.17, 15) is 4.39 Å². The van der Waals surface area contributed by atoms with Crippen molar-refractivity contribution >= 4 is 16.5 Å². The zero-order chi connectivity index (χ0) is 13.9. The third-order valence-electron chi connectivity index (χ3n) is 2.88. The summed E-state index contributed by atoms with van der Waals surface area (Å²) in [6, 6.07) is 12.1. The van der Waals surface area contributed by atoms with Crippen LogP contribution >= 0.6 is 11.3 Å². The van der Waals surface area contributed by atoms with Crippen molar-refractivity contribution in [3.63, 3.8) is 0 Å². The Hall–Kier alpha value is -2.27. The molecule has 5 heteroatoms. The molecule has 3 rings (SSSR count). The van der Waals surface area contributed by atoms with Gasteiger partial charge in [-0.1, -0.05) is 18.2 Å². The molecule has 2 aromatic heterocycles. The van der Waals surface area contributed by atoms with Gasteiger partial charge in [0, 0.05) is 28.8 Å². The van der Waals surface area contributed by atoms with Gasteiger partial charge in [-0.2, -0.15) is 0 Å². The number of thiazole rings is 1. The molecule has 0 bridgehead atoms. The number of hydrogen-bond donors (Lipinski definition) is 1. The molecule has 0 saturated heterocycles. The van der Waals surface area contributed by atoms with Crippen LogP contribution in [0.4, 0.5) is 9.52 Å². The van der Waals surface area contributed by atoms with Crippen molar-refractivity contribution in [2.45, 2.75) is 6.42 Å². The summed E-state index contributed by atoms with van der Waals surface area (Å²) in [6.07, 6.45) is 2.39. The number of aromatic nitrogens is 2. The first-order chi connectivity index (χ1) is 9.72. The molecule has 0 aliphatic carbocycles. The van der Waals surface area contributed by atoms with Crippen LogP contribution in [-0.2, 0) is 6.42 Å². The number of benzene rings is 1. The van der Waals surface area contributed by atoms with Crippen LogP contribution in [0, 0.1) is 5.82 Å². The van der Waals surface area contributed by atoms with Crippen molar-refractivity contribution in [3.05, 3.63) is 65.0 Å². The van der Waals surface area contributed by atoms with Crippen LogP contribution < -0.4 is 5.73 Å². The number of anilines is 1. The van der Waals surface area contributed by atoms with E-state index in [0.717, 1.165) is 21.8 Å². The highest BCUT2D eigenvalue weighted by atomic mass is 32.1. The Morgan fingerprint density at radius 3 is 2.80 bits per heavy atom. The van der Waals surface area contributed by atoms with Gasteiger partial charge in [-0.05, 0) is 24.3 Å². The lowest BCUT2D eigenvalue weighted by atomic mass is 10.1. The van der Waals surface area contributed by atoms with E-state index in [2.05, 4.69) is 9.97 Å². The van der Waals surface area contributed by atoms with Crippen LogP contribution in [0.25, 0.3) is 11.3 Å². The number of rotatable bonds is 3. The molecule has 0 atom stereocenters. The molecule has 100 valence electrons. The van der Waals surface area contributed by atoms with Crippen LogP contribution in [0.1, 0.15) is 10.6 Å². The highest BCUT2D eigenvalue weighted by Gasteiger charge is 2.13. The average Bonchev–Trinajstić information content (AvgIpc) is 2.81. The summed E-state index contributed by atoms with van der Waals surface area (Å²) in [7, 11) is 0. The molecular weight excluding hydrogens is 273 g/mol. The summed E-state index contributed by atoms with van der Waals surface area (Å²) in [6.45, 7) is 0. The lowest BCUT2D eigenvalue weighted by Gasteiger charge is -2.02. The molecule has 0 radical (unpaired) electrons. The molecule has 0 unspecified atom stereocenters. The highest BCUT2D eigenvalue weighted by Crippen LogP contribution is 2.31. The number of halogens is 1. The molecule has 0 amide bonds. The Bertz CT molecular complexity index is 725. The number of nitrogens with two attached hydrogens (primary N) is 1. The van der Waals surface area contributed by atoms with E-state index in [1.54, 1.807) is 12.3 Å². The maximum atomic E-state index is 13.4. The molecule has 0 aliphatic rings. The third kappa shape index (κ3) is 2.67. The number of pyridine rings is 1. The first-order valence-corrected chi connectivity index (χ1v) is 6.95. The molecule has 0 spiro atoms. The number of nitrogen functional groups attached to an aromatic ring is 1. The minimum atomic E-state index is -0.280. The molecule has 0 saturated carbocycles. The zero-order valence-electron chi connectivity index (χ0n) is 10.6. The van der Waals surface area contributed by atoms with Crippen LogP contribution in [-0.4, -0.2) is 9.97 Å². The van der Waals surface area contributed by atoms with Crippen molar-refractivity contribution in [3.8, 4) is 11.3 Å². The second kappa shape index (κ2) is 5.38. The van der Waals surface area contributed by atoms with Crippen LogP contribution in [0.2, 0.25) is 0 Å². The molecular formula is C15H12FN3S. The normalized spacial score (nSPS) is 10.7. The SMILES string of the molecule is Nc1nc(-c2cccc(F)c2)c(Cc2ccccn2)s1. The fourth-order valence-corrected chi connectivity index (χ4v) is 2.89. The molecule has 3 nitrogen and oxygen atoms in total. The Labute approximate surface area is 119 Å². The van der Waals surface area contributed by atoms with Crippen LogP contribution in [0.15, 0.2) is 48.7 Å². The molecule has 2 N–H and O–H groups in total. The fourth-order valence-electron chi connectivity index (χ4n) is 2.02. The van der Waals surface area contributed by atoms with Crippen LogP contribution in [0.5, 0.6) is 0 Å². The maximum Gasteiger partial charge on any atom is 0.180 e. The monoisotopic (exact) mass is 285 g/mol. The van der Waals surface area contributed by atoms with E-state index in [1.807, 2.05) is 24.3 Å². The molecule has 1 aromatic carbocycles. The van der Waals surface area contributed by atoms with Gasteiger partial charge in [0.25, 0.3) is 0 Å². The fraction of sp³-hybridized carbons (Fsp3) is 0.0667.